The number of nitrogens with zero attached hydrogens (tertiary/aromatic N) is 2. The van der Waals surface area contributed by atoms with Gasteiger partial charge in [-0.05, 0) is 31.0 Å². The third kappa shape index (κ3) is 5.67. The van der Waals surface area contributed by atoms with E-state index in [1.807, 2.05) is 12.1 Å². The Kier molecular flexibility index (Phi) is 7.49. The van der Waals surface area contributed by atoms with Crippen LogP contribution >= 0.6 is 23.1 Å². The Bertz CT molecular complexity index is 807. The number of anilines is 1. The largest absolute Gasteiger partial charge is 0.480 e. The fourth-order valence-electron chi connectivity index (χ4n) is 2.92. The smallest absolute Gasteiger partial charge is 0.329 e. The molecule has 0 saturated carbocycles. The molecule has 3 rings (SSSR count). The summed E-state index contributed by atoms with van der Waals surface area (Å²) < 4.78 is 1.08. The molecular weight excluding hydrogens is 382 g/mol. The van der Waals surface area contributed by atoms with Crippen molar-refractivity contribution in [3.8, 4) is 0 Å². The summed E-state index contributed by atoms with van der Waals surface area (Å²) in [6.07, 6.45) is 6.78. The maximum absolute atomic E-state index is 11.1. The van der Waals surface area contributed by atoms with Crippen LogP contribution in [0.1, 0.15) is 43.5 Å². The maximum atomic E-state index is 11.1. The molecule has 0 saturated heterocycles. The number of hydrogen-bond donors (Lipinski definition) is 3. The van der Waals surface area contributed by atoms with Crippen LogP contribution in [0.5, 0.6) is 0 Å². The number of carboxylic acids is 1. The lowest BCUT2D eigenvalue weighted by atomic mass is 10.1. The Morgan fingerprint density at radius 1 is 1.19 bits per heavy atom. The zero-order valence-corrected chi connectivity index (χ0v) is 16.8. The van der Waals surface area contributed by atoms with E-state index in [4.69, 9.17) is 10.2 Å². The van der Waals surface area contributed by atoms with Crippen molar-refractivity contribution in [1.29, 1.82) is 0 Å². The first-order chi connectivity index (χ1) is 13.2. The van der Waals surface area contributed by atoms with E-state index in [-0.39, 0.29) is 0 Å². The summed E-state index contributed by atoms with van der Waals surface area (Å²) in [5, 5.41) is 22.8. The van der Waals surface area contributed by atoms with E-state index in [0.29, 0.717) is 12.4 Å². The zero-order chi connectivity index (χ0) is 19.1. The first-order valence-corrected chi connectivity index (χ1v) is 11.2. The van der Waals surface area contributed by atoms with E-state index < -0.39 is 12.0 Å². The highest BCUT2D eigenvalue weighted by Crippen LogP contribution is 2.31. The number of thioether (sulfide) groups is 1. The van der Waals surface area contributed by atoms with E-state index >= 15 is 0 Å². The molecule has 2 heterocycles. The Morgan fingerprint density at radius 3 is 2.70 bits per heavy atom. The van der Waals surface area contributed by atoms with Gasteiger partial charge in [-0.15, -0.1) is 23.1 Å². The molecule has 3 N–H and O–H groups in total. The van der Waals surface area contributed by atoms with Gasteiger partial charge in [0.1, 0.15) is 10.1 Å². The van der Waals surface area contributed by atoms with Crippen LogP contribution in [0.25, 0.3) is 10.2 Å². The van der Waals surface area contributed by atoms with E-state index in [0.717, 1.165) is 51.8 Å². The summed E-state index contributed by atoms with van der Waals surface area (Å²) in [6.45, 7) is 1.25. The minimum Gasteiger partial charge on any atom is -0.480 e. The highest BCUT2D eigenvalue weighted by atomic mass is 32.2. The predicted octanol–water partition coefficient (Wildman–Crippen LogP) is 3.99. The number of aliphatic hydroxyl groups is 1. The summed E-state index contributed by atoms with van der Waals surface area (Å²) >= 11 is 3.03. The molecule has 1 aromatic heterocycles. The second-order valence-electron chi connectivity index (χ2n) is 6.57. The standard InChI is InChI=1S/C19H25N3O3S2/c23-10-6-4-2-1-3-5-9-20-13-7-8-14-16(11-13)27-18(21-14)17-22-15(12-26-17)19(24)25/h7-8,11,15,20,23H,1-6,9-10,12H2,(H,24,25)/t15-/m1/s1. The van der Waals surface area contributed by atoms with Gasteiger partial charge in [-0.2, -0.15) is 0 Å². The number of aliphatic carboxylic acids is 1. The van der Waals surface area contributed by atoms with Crippen LogP contribution in [0.2, 0.25) is 0 Å². The number of nitrogens with one attached hydrogen (secondary N) is 1. The number of aliphatic hydroxyl groups excluding tert-OH is 1. The molecule has 1 aliphatic rings. The minimum absolute atomic E-state index is 0.301. The fraction of sp³-hybridized carbons (Fsp3) is 0.526. The number of thiazole rings is 1. The third-order valence-corrected chi connectivity index (χ3v) is 6.63. The van der Waals surface area contributed by atoms with Gasteiger partial charge in [0.15, 0.2) is 6.04 Å². The van der Waals surface area contributed by atoms with E-state index in [2.05, 4.69) is 21.4 Å². The predicted molar refractivity (Wildman–Crippen MR) is 113 cm³/mol. The second-order valence-corrected chi connectivity index (χ2v) is 8.61. The summed E-state index contributed by atoms with van der Waals surface area (Å²) in [5.74, 6) is -0.397. The van der Waals surface area contributed by atoms with Gasteiger partial charge in [0.2, 0.25) is 0 Å². The second kappa shape index (κ2) is 10.1. The number of carbonyl (C=O) groups is 1. The molecule has 0 aliphatic carbocycles. The number of fused-ring (bicyclic) bond motifs is 1. The Hall–Kier alpha value is -1.64. The minimum atomic E-state index is -0.876. The molecule has 27 heavy (non-hydrogen) atoms. The maximum Gasteiger partial charge on any atom is 0.329 e. The van der Waals surface area contributed by atoms with E-state index in [9.17, 15) is 4.79 Å². The third-order valence-electron chi connectivity index (χ3n) is 4.42. The number of hydrogen-bond acceptors (Lipinski definition) is 7. The van der Waals surface area contributed by atoms with Gasteiger partial charge < -0.3 is 15.5 Å². The molecular formula is C19H25N3O3S2. The monoisotopic (exact) mass is 407 g/mol. The van der Waals surface area contributed by atoms with Crippen molar-refractivity contribution in [3.63, 3.8) is 0 Å². The Morgan fingerprint density at radius 2 is 1.96 bits per heavy atom. The first kappa shape index (κ1) is 20.1. The average molecular weight is 408 g/mol. The van der Waals surface area contributed by atoms with Crippen LogP contribution in [-0.2, 0) is 4.79 Å². The van der Waals surface area contributed by atoms with Gasteiger partial charge in [0, 0.05) is 24.6 Å². The van der Waals surface area contributed by atoms with Crippen molar-refractivity contribution in [2.24, 2.45) is 4.99 Å². The number of benzene rings is 1. The number of aromatic nitrogens is 1. The summed E-state index contributed by atoms with van der Waals surface area (Å²) in [7, 11) is 0. The molecule has 8 heteroatoms. The lowest BCUT2D eigenvalue weighted by Crippen LogP contribution is -2.17. The van der Waals surface area contributed by atoms with E-state index in [1.165, 1.54) is 31.0 Å². The van der Waals surface area contributed by atoms with Gasteiger partial charge in [-0.1, -0.05) is 25.7 Å². The lowest BCUT2D eigenvalue weighted by Gasteiger charge is -2.06. The Labute approximate surface area is 167 Å². The molecule has 6 nitrogen and oxygen atoms in total. The SMILES string of the molecule is O=C(O)[C@H]1CSC(c2nc3ccc(NCCCCCCCCO)cc3s2)=N1. The van der Waals surface area contributed by atoms with E-state index in [1.54, 1.807) is 11.3 Å². The Balaban J connectivity index is 1.51. The molecule has 1 aliphatic heterocycles. The quantitative estimate of drug-likeness (QED) is 0.488. The van der Waals surface area contributed by atoms with Crippen LogP contribution in [0.15, 0.2) is 23.2 Å². The number of aliphatic imine (C=N–C) groups is 1. The molecule has 1 aromatic carbocycles. The lowest BCUT2D eigenvalue weighted by molar-refractivity contribution is -0.137. The number of carboxylic acid groups (broad SMARTS) is 1. The van der Waals surface area contributed by atoms with Crippen LogP contribution in [0.4, 0.5) is 5.69 Å². The van der Waals surface area contributed by atoms with Crippen LogP contribution in [0.3, 0.4) is 0 Å². The molecule has 0 fully saturated rings. The highest BCUT2D eigenvalue weighted by molar-refractivity contribution is 8.15. The normalized spacial score (nSPS) is 16.6. The topological polar surface area (TPSA) is 94.8 Å². The number of rotatable bonds is 11. The molecule has 0 radical (unpaired) electrons. The molecule has 0 bridgehead atoms. The van der Waals surface area contributed by atoms with Gasteiger partial charge in [-0.3, -0.25) is 4.99 Å². The zero-order valence-electron chi connectivity index (χ0n) is 15.2. The molecule has 0 unspecified atom stereocenters. The van der Waals surface area contributed by atoms with Crippen molar-refractivity contribution in [1.82, 2.24) is 4.98 Å². The van der Waals surface area contributed by atoms with Gasteiger partial charge in [0.25, 0.3) is 0 Å². The van der Waals surface area contributed by atoms with Crippen molar-refractivity contribution >= 4 is 50.0 Å². The van der Waals surface area contributed by atoms with Crippen molar-refractivity contribution < 1.29 is 15.0 Å². The molecule has 146 valence electrons. The first-order valence-electron chi connectivity index (χ1n) is 9.36. The highest BCUT2D eigenvalue weighted by Gasteiger charge is 2.26. The van der Waals surface area contributed by atoms with Gasteiger partial charge >= 0.3 is 5.97 Å². The molecule has 2 aromatic rings. The average Bonchev–Trinajstić information content (AvgIpc) is 3.30. The molecule has 0 amide bonds. The fourth-order valence-corrected chi connectivity index (χ4v) is 5.02. The van der Waals surface area contributed by atoms with Crippen molar-refractivity contribution in [2.45, 2.75) is 44.6 Å². The van der Waals surface area contributed by atoms with Crippen molar-refractivity contribution in [3.05, 3.63) is 23.2 Å². The molecule has 0 spiro atoms. The van der Waals surface area contributed by atoms with Crippen LogP contribution < -0.4 is 5.32 Å². The summed E-state index contributed by atoms with van der Waals surface area (Å²) in [4.78, 5) is 19.9. The van der Waals surface area contributed by atoms with Crippen LogP contribution in [0, 0.1) is 0 Å². The number of unbranched alkanes of at least 4 members (excludes halogenated alkanes) is 5. The molecule has 1 atom stereocenters. The summed E-state index contributed by atoms with van der Waals surface area (Å²) in [6, 6.07) is 5.49. The van der Waals surface area contributed by atoms with Gasteiger partial charge in [0.05, 0.1) is 10.2 Å². The summed E-state index contributed by atoms with van der Waals surface area (Å²) in [5.41, 5.74) is 2.01. The van der Waals surface area contributed by atoms with Gasteiger partial charge in [-0.25, -0.2) is 9.78 Å². The van der Waals surface area contributed by atoms with Crippen molar-refractivity contribution in [2.75, 3.05) is 24.2 Å². The van der Waals surface area contributed by atoms with Crippen LogP contribution in [-0.4, -0.2) is 51.2 Å².